The number of aryl methyl sites for hydroxylation is 4. The predicted molar refractivity (Wildman–Crippen MR) is 201 cm³/mol. The van der Waals surface area contributed by atoms with Crippen LogP contribution >= 0.6 is 0 Å². The minimum absolute atomic E-state index is 0.0182. The molecule has 4 heterocycles. The molecule has 12 nitrogen and oxygen atoms in total. The maximum Gasteiger partial charge on any atom is 0.282 e. The van der Waals surface area contributed by atoms with Gasteiger partial charge in [-0.2, -0.15) is 20.2 Å². The number of hydrogen-bond acceptors (Lipinski definition) is 10. The lowest BCUT2D eigenvalue weighted by atomic mass is 9.92. The maximum absolute atomic E-state index is 13.3. The van der Waals surface area contributed by atoms with Crippen LogP contribution in [0.2, 0.25) is 0 Å². The summed E-state index contributed by atoms with van der Waals surface area (Å²) in [5.41, 5.74) is 7.98. The van der Waals surface area contributed by atoms with Crippen LogP contribution in [-0.4, -0.2) is 81.7 Å². The Balaban J connectivity index is 0.000000183. The highest BCUT2D eigenvalue weighted by molar-refractivity contribution is 5.71. The first-order valence-corrected chi connectivity index (χ1v) is 19.2. The molecule has 0 saturated heterocycles. The lowest BCUT2D eigenvalue weighted by Gasteiger charge is -2.29. The Morgan fingerprint density at radius 1 is 0.638 bits per heavy atom. The number of hydrogen-bond donors (Lipinski definition) is 3. The van der Waals surface area contributed by atoms with Crippen LogP contribution < -0.4 is 16.4 Å². The van der Waals surface area contributed by atoms with Gasteiger partial charge in [-0.05, 0) is 78.4 Å². The molecule has 0 spiro atoms. The van der Waals surface area contributed by atoms with E-state index in [9.17, 15) is 39.9 Å². The summed E-state index contributed by atoms with van der Waals surface area (Å²) >= 11 is 0. The highest BCUT2D eigenvalue weighted by atomic mass is 19.3. The van der Waals surface area contributed by atoms with E-state index >= 15 is 0 Å². The number of alkyl halides is 8. The Morgan fingerprint density at radius 2 is 1.03 bits per heavy atom. The molecule has 0 radical (unpaired) electrons. The summed E-state index contributed by atoms with van der Waals surface area (Å²) in [7, 11) is 0. The van der Waals surface area contributed by atoms with Gasteiger partial charge in [0.15, 0.2) is 6.29 Å². The van der Waals surface area contributed by atoms with Crippen LogP contribution in [0.4, 0.5) is 46.8 Å². The third-order valence-electron chi connectivity index (χ3n) is 10.1. The van der Waals surface area contributed by atoms with E-state index in [0.29, 0.717) is 79.5 Å². The first-order valence-electron chi connectivity index (χ1n) is 19.2. The van der Waals surface area contributed by atoms with Gasteiger partial charge in [-0.3, -0.25) is 4.79 Å². The normalized spacial score (nSPS) is 19.4. The molecule has 0 atom stereocenters. The van der Waals surface area contributed by atoms with Gasteiger partial charge in [-0.15, -0.1) is 0 Å². The third-order valence-corrected chi connectivity index (χ3v) is 10.1. The number of anilines is 2. The van der Waals surface area contributed by atoms with E-state index in [0.717, 1.165) is 11.4 Å². The van der Waals surface area contributed by atoms with Crippen LogP contribution in [0.25, 0.3) is 11.9 Å². The smallest absolute Gasteiger partial charge is 0.282 e. The Hall–Kier alpha value is -4.75. The maximum atomic E-state index is 13.3. The van der Waals surface area contributed by atoms with Gasteiger partial charge in [0.25, 0.3) is 18.3 Å². The van der Waals surface area contributed by atoms with Crippen molar-refractivity contribution in [2.75, 3.05) is 10.6 Å². The summed E-state index contributed by atoms with van der Waals surface area (Å²) in [4.78, 5) is 28.2. The summed E-state index contributed by atoms with van der Waals surface area (Å²) < 4.78 is 106. The molecule has 318 valence electrons. The predicted octanol–water partition coefficient (Wildman–Crippen LogP) is 8.81. The molecule has 0 unspecified atom stereocenters. The quantitative estimate of drug-likeness (QED) is 0.116. The summed E-state index contributed by atoms with van der Waals surface area (Å²) in [5, 5.41) is 14.3. The van der Waals surface area contributed by atoms with Crippen LogP contribution in [0.5, 0.6) is 0 Å². The first-order chi connectivity index (χ1) is 27.2. The van der Waals surface area contributed by atoms with Gasteiger partial charge in [0.1, 0.15) is 23.0 Å². The molecule has 7 rings (SSSR count). The monoisotopic (exact) mass is 827 g/mol. The average molecular weight is 828 g/mol. The number of nitrogens with one attached hydrogen (secondary N) is 2. The second-order valence-corrected chi connectivity index (χ2v) is 15.3. The van der Waals surface area contributed by atoms with E-state index in [4.69, 9.17) is 5.73 Å². The van der Waals surface area contributed by atoms with Crippen LogP contribution in [0.1, 0.15) is 122 Å². The molecule has 3 fully saturated rings. The van der Waals surface area contributed by atoms with Crippen LogP contribution in [0, 0.1) is 27.7 Å². The average Bonchev–Trinajstić information content (AvgIpc) is 3.74. The first kappa shape index (κ1) is 44.4. The van der Waals surface area contributed by atoms with Crippen LogP contribution in [0.3, 0.4) is 0 Å². The van der Waals surface area contributed by atoms with E-state index < -0.39 is 24.2 Å². The standard InChI is InChI=1S/C16H19F4N5.C16H19F2N5O.C6H11F2N/c1-9-7-13(22-11-3-5-16(19,20)6-4-11)23-15(21-9)25-10(2)8-12(24-25)14(17)18;1-10-7-14(20-12-3-5-16(17,18)6-4-12)21-15(19-10)23-11(2)8-13(9-24)22-23;7-6(8)3-1-5(9)2-4-6/h7-8,11,14H,3-6H2,1-2H3,(H,21,22,23);7-9,12H,3-6H2,1-2H3,(H,19,20,21);5H,1-4,9H2. The molecule has 3 saturated carbocycles. The Kier molecular flexibility index (Phi) is 14.1. The highest BCUT2D eigenvalue weighted by Crippen LogP contribution is 2.36. The lowest BCUT2D eigenvalue weighted by molar-refractivity contribution is -0.0378. The van der Waals surface area contributed by atoms with Crippen molar-refractivity contribution in [2.24, 2.45) is 5.73 Å². The highest BCUT2D eigenvalue weighted by Gasteiger charge is 2.36. The van der Waals surface area contributed by atoms with Crippen molar-refractivity contribution >= 4 is 17.9 Å². The van der Waals surface area contributed by atoms with E-state index in [1.165, 1.54) is 15.4 Å². The van der Waals surface area contributed by atoms with Gasteiger partial charge in [0.2, 0.25) is 17.8 Å². The summed E-state index contributed by atoms with van der Waals surface area (Å²) in [6, 6.07) is 6.29. The number of nitrogens with two attached hydrogens (primary N) is 1. The van der Waals surface area contributed by atoms with Crippen molar-refractivity contribution in [1.82, 2.24) is 39.5 Å². The second kappa shape index (κ2) is 18.4. The van der Waals surface area contributed by atoms with Gasteiger partial charge in [0, 0.05) is 91.6 Å². The number of aldehydes is 1. The largest absolute Gasteiger partial charge is 0.367 e. The Morgan fingerprint density at radius 3 is 1.40 bits per heavy atom. The minimum atomic E-state index is -2.67. The van der Waals surface area contributed by atoms with Gasteiger partial charge in [-0.1, -0.05) is 0 Å². The molecule has 20 heteroatoms. The van der Waals surface area contributed by atoms with Crippen molar-refractivity contribution in [3.05, 3.63) is 58.4 Å². The van der Waals surface area contributed by atoms with Gasteiger partial charge in [-0.25, -0.2) is 54.5 Å². The molecule has 58 heavy (non-hydrogen) atoms. The van der Waals surface area contributed by atoms with E-state index in [2.05, 4.69) is 40.8 Å². The van der Waals surface area contributed by atoms with E-state index in [-0.39, 0.29) is 68.3 Å². The fourth-order valence-corrected chi connectivity index (χ4v) is 6.86. The van der Waals surface area contributed by atoms with Crippen LogP contribution in [-0.2, 0) is 0 Å². The molecular weight excluding hydrogens is 778 g/mol. The molecule has 4 N–H and O–H groups in total. The van der Waals surface area contributed by atoms with Crippen molar-refractivity contribution in [3.8, 4) is 11.9 Å². The number of rotatable bonds is 8. The molecule has 4 aromatic rings. The molecule has 3 aliphatic rings. The fraction of sp³-hybridized carbons (Fsp3) is 0.605. The molecule has 4 aromatic heterocycles. The zero-order valence-electron chi connectivity index (χ0n) is 32.8. The van der Waals surface area contributed by atoms with Crippen molar-refractivity contribution in [2.45, 2.75) is 147 Å². The molecule has 0 bridgehead atoms. The van der Waals surface area contributed by atoms with Gasteiger partial charge >= 0.3 is 0 Å². The number of carbonyl (C=O) groups is 1. The van der Waals surface area contributed by atoms with E-state index in [1.807, 2.05) is 13.8 Å². The summed E-state index contributed by atoms with van der Waals surface area (Å²) in [6.07, 6.45) is -0.110. The number of carbonyl (C=O) groups excluding carboxylic acids is 1. The van der Waals surface area contributed by atoms with Gasteiger partial charge < -0.3 is 16.4 Å². The lowest BCUT2D eigenvalue weighted by Crippen LogP contribution is -2.32. The number of nitrogens with zero attached hydrogens (tertiary/aromatic N) is 8. The zero-order valence-corrected chi connectivity index (χ0v) is 32.8. The SMILES string of the molecule is Cc1cc(NC2CCC(F)(F)CC2)nc(-n2nc(C(F)F)cc2C)n1.Cc1cc(NC2CCC(F)(F)CC2)nc(-n2nc(C=O)cc2C)n1.NC1CCC(F)(F)CC1. The molecular formula is C38H49F8N11O. The Labute approximate surface area is 330 Å². The fourth-order valence-electron chi connectivity index (χ4n) is 6.86. The summed E-state index contributed by atoms with van der Waals surface area (Å²) in [6.45, 7) is 7.02. The second-order valence-electron chi connectivity index (χ2n) is 15.3. The number of halogens is 8. The third kappa shape index (κ3) is 12.6. The molecule has 0 aliphatic heterocycles. The molecule has 0 amide bonds. The Bertz CT molecular complexity index is 1970. The molecule has 0 aromatic carbocycles. The number of aromatic nitrogens is 8. The topological polar surface area (TPSA) is 154 Å². The zero-order chi connectivity index (χ0) is 42.4. The van der Waals surface area contributed by atoms with Gasteiger partial charge in [0.05, 0.1) is 0 Å². The molecule has 3 aliphatic carbocycles. The van der Waals surface area contributed by atoms with Crippen LogP contribution in [0.15, 0.2) is 24.3 Å². The van der Waals surface area contributed by atoms with Crippen molar-refractivity contribution in [3.63, 3.8) is 0 Å². The van der Waals surface area contributed by atoms with Crippen molar-refractivity contribution < 1.29 is 39.9 Å². The van der Waals surface area contributed by atoms with Crippen molar-refractivity contribution in [1.29, 1.82) is 0 Å². The van der Waals surface area contributed by atoms with E-state index in [1.54, 1.807) is 32.0 Å². The minimum Gasteiger partial charge on any atom is -0.367 e. The summed E-state index contributed by atoms with van der Waals surface area (Å²) in [5.74, 6) is -5.99.